The Bertz CT molecular complexity index is 958. The van der Waals surface area contributed by atoms with Gasteiger partial charge in [-0.2, -0.15) is 5.10 Å². The Kier molecular flexibility index (Phi) is 6.21. The Morgan fingerprint density at radius 3 is 2.76 bits per heavy atom. The normalized spacial score (nSPS) is 16.1. The van der Waals surface area contributed by atoms with E-state index in [2.05, 4.69) is 12.0 Å². The molecule has 0 fully saturated rings. The van der Waals surface area contributed by atoms with Crippen LogP contribution in [0.2, 0.25) is 0 Å². The van der Waals surface area contributed by atoms with Crippen molar-refractivity contribution in [2.24, 2.45) is 0 Å². The van der Waals surface area contributed by atoms with Gasteiger partial charge in [0, 0.05) is 16.7 Å². The van der Waals surface area contributed by atoms with Gasteiger partial charge in [0.1, 0.15) is 17.9 Å². The highest BCUT2D eigenvalue weighted by Gasteiger charge is 2.26. The maximum Gasteiger partial charge on any atom is 0.328 e. The largest absolute Gasteiger partial charge is 0.454 e. The first-order chi connectivity index (χ1) is 13.8. The number of carbonyl (C=O) groups is 2. The molecular formula is C19H22N4O5S. The number of aryl methyl sites for hydroxylation is 1. The summed E-state index contributed by atoms with van der Waals surface area (Å²) >= 11 is 1.72. The van der Waals surface area contributed by atoms with Gasteiger partial charge >= 0.3 is 11.7 Å². The maximum absolute atomic E-state index is 12.7. The van der Waals surface area contributed by atoms with Crippen LogP contribution >= 0.6 is 11.8 Å². The molecule has 29 heavy (non-hydrogen) atoms. The number of esters is 1. The molecule has 1 aliphatic rings. The highest BCUT2D eigenvalue weighted by Crippen LogP contribution is 2.37. The molecule has 1 aromatic carbocycles. The molecule has 0 spiro atoms. The van der Waals surface area contributed by atoms with Crippen LogP contribution in [0.3, 0.4) is 0 Å². The first kappa shape index (κ1) is 20.8. The van der Waals surface area contributed by atoms with Crippen molar-refractivity contribution in [3.8, 4) is 0 Å². The number of nitrogens with zero attached hydrogens (tertiary/aromatic N) is 4. The van der Waals surface area contributed by atoms with Crippen LogP contribution in [0.15, 0.2) is 29.2 Å². The quantitative estimate of drug-likeness (QED) is 0.417. The van der Waals surface area contributed by atoms with Gasteiger partial charge in [0.2, 0.25) is 0 Å². The zero-order valence-corrected chi connectivity index (χ0v) is 17.3. The minimum atomic E-state index is -0.676. The monoisotopic (exact) mass is 418 g/mol. The highest BCUT2D eigenvalue weighted by atomic mass is 32.2. The molecule has 1 aliphatic heterocycles. The van der Waals surface area contributed by atoms with E-state index in [9.17, 15) is 19.7 Å². The molecule has 3 rings (SSSR count). The van der Waals surface area contributed by atoms with Crippen molar-refractivity contribution in [3.63, 3.8) is 0 Å². The first-order valence-electron chi connectivity index (χ1n) is 9.18. The van der Waals surface area contributed by atoms with E-state index in [4.69, 9.17) is 4.74 Å². The van der Waals surface area contributed by atoms with Crippen LogP contribution in [0.25, 0.3) is 0 Å². The average molecular weight is 418 g/mol. The number of carbonyl (C=O) groups excluding carboxylic acids is 2. The van der Waals surface area contributed by atoms with Gasteiger partial charge in [-0.05, 0) is 32.4 Å². The maximum atomic E-state index is 12.7. The zero-order chi connectivity index (χ0) is 21.1. The van der Waals surface area contributed by atoms with Crippen molar-refractivity contribution in [3.05, 3.63) is 45.8 Å². The summed E-state index contributed by atoms with van der Waals surface area (Å²) in [6.07, 6.45) is 0.828. The van der Waals surface area contributed by atoms with E-state index in [0.717, 1.165) is 17.0 Å². The fourth-order valence-electron chi connectivity index (χ4n) is 3.24. The lowest BCUT2D eigenvalue weighted by atomic mass is 10.2. The Hall–Kier alpha value is -2.88. The van der Waals surface area contributed by atoms with Gasteiger partial charge in [0.15, 0.2) is 6.61 Å². The molecule has 0 aliphatic carbocycles. The summed E-state index contributed by atoms with van der Waals surface area (Å²) in [7, 11) is 0. The number of para-hydroxylation sites is 1. The lowest BCUT2D eigenvalue weighted by molar-refractivity contribution is -0.386. The van der Waals surface area contributed by atoms with Gasteiger partial charge in [-0.15, -0.1) is 11.8 Å². The second kappa shape index (κ2) is 8.64. The second-order valence-corrected chi connectivity index (χ2v) is 8.31. The molecule has 154 valence electrons. The summed E-state index contributed by atoms with van der Waals surface area (Å²) in [4.78, 5) is 38.1. The van der Waals surface area contributed by atoms with Crippen LogP contribution in [0.5, 0.6) is 0 Å². The number of hydrogen-bond acceptors (Lipinski definition) is 7. The topological polar surface area (TPSA) is 108 Å². The van der Waals surface area contributed by atoms with Crippen molar-refractivity contribution < 1.29 is 19.2 Å². The van der Waals surface area contributed by atoms with E-state index in [0.29, 0.717) is 11.8 Å². The van der Waals surface area contributed by atoms with E-state index >= 15 is 0 Å². The van der Waals surface area contributed by atoms with Crippen LogP contribution in [0.4, 0.5) is 11.4 Å². The van der Waals surface area contributed by atoms with Crippen molar-refractivity contribution in [2.45, 2.75) is 43.9 Å². The third kappa shape index (κ3) is 4.58. The van der Waals surface area contributed by atoms with Gasteiger partial charge < -0.3 is 9.64 Å². The molecule has 0 radical (unpaired) electrons. The number of rotatable bonds is 5. The molecule has 10 heteroatoms. The molecule has 2 aromatic rings. The van der Waals surface area contributed by atoms with Crippen molar-refractivity contribution >= 4 is 35.0 Å². The molecule has 2 heterocycles. The summed E-state index contributed by atoms with van der Waals surface area (Å²) in [6, 6.07) is 7.66. The van der Waals surface area contributed by atoms with Crippen LogP contribution in [0, 0.1) is 24.0 Å². The van der Waals surface area contributed by atoms with Gasteiger partial charge in [0.25, 0.3) is 5.91 Å². The number of ether oxygens (including phenoxy) is 1. The molecule has 1 atom stereocenters. The number of benzene rings is 1. The number of anilines is 1. The average Bonchev–Trinajstić information content (AvgIpc) is 2.83. The molecule has 1 aromatic heterocycles. The molecule has 0 unspecified atom stereocenters. The zero-order valence-electron chi connectivity index (χ0n) is 16.5. The number of nitro groups is 1. The summed E-state index contributed by atoms with van der Waals surface area (Å²) in [5.41, 5.74) is 1.19. The molecule has 1 amide bonds. The Labute approximate surface area is 172 Å². The van der Waals surface area contributed by atoms with Gasteiger partial charge in [-0.25, -0.2) is 0 Å². The number of amides is 1. The third-order valence-electron chi connectivity index (χ3n) is 4.71. The van der Waals surface area contributed by atoms with Gasteiger partial charge in [0.05, 0.1) is 10.6 Å². The Morgan fingerprint density at radius 1 is 1.34 bits per heavy atom. The van der Waals surface area contributed by atoms with Crippen LogP contribution in [-0.4, -0.2) is 45.0 Å². The smallest absolute Gasteiger partial charge is 0.328 e. The predicted octanol–water partition coefficient (Wildman–Crippen LogP) is 2.87. The predicted molar refractivity (Wildman–Crippen MR) is 108 cm³/mol. The molecule has 0 saturated carbocycles. The van der Waals surface area contributed by atoms with Gasteiger partial charge in [-0.1, -0.05) is 19.1 Å². The summed E-state index contributed by atoms with van der Waals surface area (Å²) in [6.45, 7) is 5.00. The van der Waals surface area contributed by atoms with Crippen molar-refractivity contribution in [2.75, 3.05) is 18.1 Å². The van der Waals surface area contributed by atoms with Crippen LogP contribution < -0.4 is 4.90 Å². The SMILES string of the molecule is Cc1nn(CC(=O)OCC(=O)N2CC[C@@H](C)Sc3ccccc32)c(C)c1[N+](=O)[O-]. The summed E-state index contributed by atoms with van der Waals surface area (Å²) < 4.78 is 6.36. The molecule has 0 bridgehead atoms. The number of hydrogen-bond donors (Lipinski definition) is 0. The van der Waals surface area contributed by atoms with Gasteiger partial charge in [-0.3, -0.25) is 24.4 Å². The molecule has 9 nitrogen and oxygen atoms in total. The Morgan fingerprint density at radius 2 is 2.07 bits per heavy atom. The summed E-state index contributed by atoms with van der Waals surface area (Å²) in [5, 5.41) is 15.5. The van der Waals surface area contributed by atoms with Crippen LogP contribution in [0.1, 0.15) is 24.7 Å². The fraction of sp³-hybridized carbons (Fsp3) is 0.421. The van der Waals surface area contributed by atoms with E-state index in [1.165, 1.54) is 18.5 Å². The third-order valence-corrected chi connectivity index (χ3v) is 5.94. The number of thioether (sulfide) groups is 1. The first-order valence-corrected chi connectivity index (χ1v) is 10.1. The van der Waals surface area contributed by atoms with E-state index in [1.54, 1.807) is 16.7 Å². The molecular weight excluding hydrogens is 396 g/mol. The molecule has 0 saturated heterocycles. The number of fused-ring (bicyclic) bond motifs is 1. The molecule has 0 N–H and O–H groups in total. The van der Waals surface area contributed by atoms with Crippen molar-refractivity contribution in [1.29, 1.82) is 0 Å². The second-order valence-electron chi connectivity index (χ2n) is 6.83. The minimum Gasteiger partial charge on any atom is -0.454 e. The number of aromatic nitrogens is 2. The highest BCUT2D eigenvalue weighted by molar-refractivity contribution is 8.00. The van der Waals surface area contributed by atoms with Crippen LogP contribution in [-0.2, 0) is 20.9 Å². The lowest BCUT2D eigenvalue weighted by Crippen LogP contribution is -2.36. The van der Waals surface area contributed by atoms with E-state index in [1.807, 2.05) is 24.3 Å². The van der Waals surface area contributed by atoms with Crippen molar-refractivity contribution in [1.82, 2.24) is 9.78 Å². The lowest BCUT2D eigenvalue weighted by Gasteiger charge is -2.22. The fourth-order valence-corrected chi connectivity index (χ4v) is 4.35. The Balaban J connectivity index is 1.65. The van der Waals surface area contributed by atoms with E-state index in [-0.39, 0.29) is 29.5 Å². The minimum absolute atomic E-state index is 0.123. The summed E-state index contributed by atoms with van der Waals surface area (Å²) in [5.74, 6) is -0.982. The standard InChI is InChI=1S/C19H22N4O5S/c1-12-8-9-21(15-6-4-5-7-16(15)29-12)17(24)11-28-18(25)10-22-14(3)19(23(26)27)13(2)20-22/h4-7,12H,8-11H2,1-3H3/t12-/m1/s1. The van der Waals surface area contributed by atoms with E-state index < -0.39 is 17.5 Å².